The molecule has 4 atom stereocenters. The van der Waals surface area contributed by atoms with Crippen LogP contribution in [0.2, 0.25) is 0 Å². The molecule has 2 amide bonds. The summed E-state index contributed by atoms with van der Waals surface area (Å²) in [7, 11) is 0. The predicted octanol–water partition coefficient (Wildman–Crippen LogP) is 4.04. The monoisotopic (exact) mass is 466 g/mol. The average molecular weight is 467 g/mol. The van der Waals surface area contributed by atoms with Crippen LogP contribution in [-0.2, 0) is 23.8 Å². The summed E-state index contributed by atoms with van der Waals surface area (Å²) >= 11 is 0. The van der Waals surface area contributed by atoms with Crippen molar-refractivity contribution in [1.29, 1.82) is 0 Å². The van der Waals surface area contributed by atoms with Crippen LogP contribution >= 0.6 is 0 Å². The summed E-state index contributed by atoms with van der Waals surface area (Å²) in [6.07, 6.45) is 4.89. The maximum atomic E-state index is 12.4. The molecule has 0 radical (unpaired) electrons. The Morgan fingerprint density at radius 2 is 1.45 bits per heavy atom. The van der Waals surface area contributed by atoms with Crippen molar-refractivity contribution in [2.24, 2.45) is 0 Å². The summed E-state index contributed by atoms with van der Waals surface area (Å²) < 4.78 is 16.9. The van der Waals surface area contributed by atoms with Crippen molar-refractivity contribution >= 4 is 11.8 Å². The Morgan fingerprint density at radius 3 is 1.85 bits per heavy atom. The number of ether oxygens (including phenoxy) is 3. The molecule has 0 spiro atoms. The zero-order chi connectivity index (χ0) is 25.4. The first kappa shape index (κ1) is 31.2. The number of carbonyl (C=O) groups is 2. The molecular weight excluding hydrogens is 420 g/mol. The highest BCUT2D eigenvalue weighted by molar-refractivity contribution is 6.22. The van der Waals surface area contributed by atoms with Gasteiger partial charge in [-0.05, 0) is 33.6 Å². The van der Waals surface area contributed by atoms with Gasteiger partial charge in [0.2, 0.25) is 0 Å². The van der Waals surface area contributed by atoms with Gasteiger partial charge in [0.25, 0.3) is 11.8 Å². The highest BCUT2D eigenvalue weighted by Gasteiger charge is 2.38. The second-order valence-corrected chi connectivity index (χ2v) is 7.94. The van der Waals surface area contributed by atoms with Crippen molar-refractivity contribution in [3.8, 4) is 0 Å². The number of hydrogen-bond donors (Lipinski definition) is 1. The van der Waals surface area contributed by atoms with E-state index in [0.717, 1.165) is 19.1 Å². The number of imide groups is 1. The van der Waals surface area contributed by atoms with Crippen LogP contribution in [0, 0.1) is 0 Å². The first-order valence-corrected chi connectivity index (χ1v) is 12.2. The van der Waals surface area contributed by atoms with Crippen LogP contribution in [0.25, 0.3) is 0 Å². The van der Waals surface area contributed by atoms with Crippen molar-refractivity contribution in [2.75, 3.05) is 33.0 Å². The Hall–Kier alpha value is -1.80. The number of amides is 2. The molecule has 1 N–H and O–H groups in total. The second kappa shape index (κ2) is 17.6. The van der Waals surface area contributed by atoms with Crippen molar-refractivity contribution < 1.29 is 23.8 Å². The van der Waals surface area contributed by atoms with Crippen molar-refractivity contribution in [1.82, 2.24) is 10.2 Å². The van der Waals surface area contributed by atoms with E-state index in [1.165, 1.54) is 30.0 Å². The van der Waals surface area contributed by atoms with E-state index in [9.17, 15) is 9.59 Å². The molecule has 0 aromatic heterocycles. The molecule has 2 heterocycles. The Kier molecular flexibility index (Phi) is 16.7. The van der Waals surface area contributed by atoms with Crippen molar-refractivity contribution in [2.45, 2.75) is 85.6 Å². The lowest BCUT2D eigenvalue weighted by Crippen LogP contribution is -2.42. The normalized spacial score (nSPS) is 19.7. The largest absolute Gasteiger partial charge is 0.379 e. The predicted molar refractivity (Wildman–Crippen MR) is 134 cm³/mol. The zero-order valence-corrected chi connectivity index (χ0v) is 21.8. The highest BCUT2D eigenvalue weighted by Crippen LogP contribution is 2.24. The van der Waals surface area contributed by atoms with Gasteiger partial charge in [-0.2, -0.15) is 0 Å². The lowest BCUT2D eigenvalue weighted by atomic mass is 10.1. The molecule has 2 rings (SSSR count). The first-order valence-electron chi connectivity index (χ1n) is 12.2. The second-order valence-electron chi connectivity index (χ2n) is 7.94. The van der Waals surface area contributed by atoms with E-state index in [4.69, 9.17) is 14.2 Å². The minimum Gasteiger partial charge on any atom is -0.379 e. The first-order chi connectivity index (χ1) is 15.8. The lowest BCUT2D eigenvalue weighted by Gasteiger charge is -2.25. The number of rotatable bonds is 14. The summed E-state index contributed by atoms with van der Waals surface area (Å²) in [5, 5.41) is 3.18. The van der Waals surface area contributed by atoms with Crippen LogP contribution in [-0.4, -0.2) is 74.0 Å². The van der Waals surface area contributed by atoms with E-state index >= 15 is 0 Å². The lowest BCUT2D eigenvalue weighted by molar-refractivity contribution is -0.142. The zero-order valence-electron chi connectivity index (χ0n) is 21.8. The van der Waals surface area contributed by atoms with Gasteiger partial charge < -0.3 is 19.5 Å². The third-order valence-corrected chi connectivity index (χ3v) is 4.96. The third kappa shape index (κ3) is 11.3. The summed E-state index contributed by atoms with van der Waals surface area (Å²) in [6.45, 7) is 24.3. The fourth-order valence-electron chi connectivity index (χ4n) is 2.92. The molecule has 1 fully saturated rings. The number of nitrogens with one attached hydrogen (secondary N) is 1. The molecule has 0 aliphatic carbocycles. The molecule has 2 aliphatic heterocycles. The fraction of sp³-hybridized carbons (Fsp3) is 0.692. The number of carbonyl (C=O) groups excluding carboxylic acids is 2. The quantitative estimate of drug-likeness (QED) is 0.236. The Morgan fingerprint density at radius 1 is 0.970 bits per heavy atom. The van der Waals surface area contributed by atoms with E-state index in [1.54, 1.807) is 6.92 Å². The van der Waals surface area contributed by atoms with Gasteiger partial charge in [-0.3, -0.25) is 14.5 Å². The van der Waals surface area contributed by atoms with Crippen LogP contribution < -0.4 is 5.32 Å². The van der Waals surface area contributed by atoms with Gasteiger partial charge in [0.15, 0.2) is 0 Å². The summed E-state index contributed by atoms with van der Waals surface area (Å²) in [6, 6.07) is 0.491. The van der Waals surface area contributed by atoms with Gasteiger partial charge in [-0.25, -0.2) is 0 Å². The minimum atomic E-state index is -0.393. The maximum Gasteiger partial charge on any atom is 0.261 e. The molecular formula is C26H46N2O5. The van der Waals surface area contributed by atoms with Crippen molar-refractivity contribution in [3.05, 3.63) is 36.5 Å². The SMILES string of the molecule is C=CC1=C(C=C)C(=O)N(C(C)COC(C)COC(C)COCCC)C1=O.CC.CCC1CN1. The smallest absolute Gasteiger partial charge is 0.261 e. The standard InChI is InChI=1S/C20H31NO5.C4H9N.C2H6/c1-7-10-24-12-15(5)26-13-16(6)25-11-14(4)21-19(22)17(8-2)18(9-3)20(21)23;1-2-4-3-5-4;1-2/h8-9,14-16H,2-3,7,10-13H2,1,4-6H3;4-5H,2-3H2,1H3;1-2H3. The Labute approximate surface area is 201 Å². The van der Waals surface area contributed by atoms with Crippen LogP contribution in [0.5, 0.6) is 0 Å². The molecule has 1 saturated heterocycles. The molecule has 4 unspecified atom stereocenters. The highest BCUT2D eigenvalue weighted by atomic mass is 16.6. The van der Waals surface area contributed by atoms with Gasteiger partial charge >= 0.3 is 0 Å². The van der Waals surface area contributed by atoms with E-state index in [0.29, 0.717) is 13.2 Å². The van der Waals surface area contributed by atoms with Crippen LogP contribution in [0.1, 0.15) is 61.3 Å². The molecule has 0 aromatic rings. The Balaban J connectivity index is 0.00000126. The topological polar surface area (TPSA) is 87.0 Å². The molecule has 7 nitrogen and oxygen atoms in total. The number of nitrogens with zero attached hydrogens (tertiary/aromatic N) is 1. The number of hydrogen-bond acceptors (Lipinski definition) is 6. The van der Waals surface area contributed by atoms with Gasteiger partial charge in [0.05, 0.1) is 49.2 Å². The van der Waals surface area contributed by atoms with Crippen LogP contribution in [0.3, 0.4) is 0 Å². The van der Waals surface area contributed by atoms with Gasteiger partial charge in [0, 0.05) is 19.2 Å². The van der Waals surface area contributed by atoms with Gasteiger partial charge in [-0.15, -0.1) is 0 Å². The molecule has 0 bridgehead atoms. The average Bonchev–Trinajstić information content (AvgIpc) is 3.62. The molecule has 0 saturated carbocycles. The van der Waals surface area contributed by atoms with E-state index in [2.05, 4.69) is 32.3 Å². The van der Waals surface area contributed by atoms with Crippen LogP contribution in [0.15, 0.2) is 36.5 Å². The minimum absolute atomic E-state index is 0.0127. The van der Waals surface area contributed by atoms with E-state index in [-0.39, 0.29) is 41.8 Å². The van der Waals surface area contributed by atoms with Crippen molar-refractivity contribution in [3.63, 3.8) is 0 Å². The van der Waals surface area contributed by atoms with E-state index in [1.807, 2.05) is 27.7 Å². The molecule has 0 aromatic carbocycles. The maximum absolute atomic E-state index is 12.4. The molecule has 7 heteroatoms. The van der Waals surface area contributed by atoms with E-state index < -0.39 is 6.04 Å². The van der Waals surface area contributed by atoms with Crippen LogP contribution in [0.4, 0.5) is 0 Å². The summed E-state index contributed by atoms with van der Waals surface area (Å²) in [5.41, 5.74) is 0.572. The molecule has 33 heavy (non-hydrogen) atoms. The summed E-state index contributed by atoms with van der Waals surface area (Å²) in [4.78, 5) is 26.0. The Bertz CT molecular complexity index is 613. The molecule has 2 aliphatic rings. The molecule has 190 valence electrons. The van der Waals surface area contributed by atoms with Gasteiger partial charge in [-0.1, -0.05) is 53.0 Å². The fourth-order valence-corrected chi connectivity index (χ4v) is 2.92. The third-order valence-electron chi connectivity index (χ3n) is 4.96. The van der Waals surface area contributed by atoms with Gasteiger partial charge in [0.1, 0.15) is 0 Å². The summed E-state index contributed by atoms with van der Waals surface area (Å²) in [5.74, 6) is -0.719.